The van der Waals surface area contributed by atoms with E-state index in [1.165, 1.54) is 6.07 Å². The smallest absolute Gasteiger partial charge is 0.243 e. The average molecular weight is 347 g/mol. The van der Waals surface area contributed by atoms with Gasteiger partial charge in [0, 0.05) is 23.2 Å². The quantitative estimate of drug-likeness (QED) is 0.852. The molecule has 2 rings (SSSR count). The number of halogens is 1. The first kappa shape index (κ1) is 14.8. The fourth-order valence-corrected chi connectivity index (χ4v) is 4.30. The molecule has 4 nitrogen and oxygen atoms in total. The first-order chi connectivity index (χ1) is 8.95. The summed E-state index contributed by atoms with van der Waals surface area (Å²) in [5.74, 6) is 0.493. The number of hydrogen-bond donors (Lipinski definition) is 1. The number of nitrogens with two attached hydrogens (primary N) is 1. The van der Waals surface area contributed by atoms with Crippen LogP contribution in [-0.2, 0) is 10.0 Å². The van der Waals surface area contributed by atoms with Crippen LogP contribution in [0.2, 0.25) is 0 Å². The van der Waals surface area contributed by atoms with Crippen LogP contribution >= 0.6 is 15.9 Å². The third kappa shape index (κ3) is 3.12. The maximum absolute atomic E-state index is 12.5. The molecule has 0 saturated carbocycles. The predicted molar refractivity (Wildman–Crippen MR) is 80.3 cm³/mol. The van der Waals surface area contributed by atoms with E-state index in [1.54, 1.807) is 16.4 Å². The van der Waals surface area contributed by atoms with Crippen LogP contribution in [0.4, 0.5) is 5.69 Å². The molecule has 0 aromatic heterocycles. The van der Waals surface area contributed by atoms with Crippen molar-refractivity contribution in [3.05, 3.63) is 22.7 Å². The average Bonchev–Trinajstić information content (AvgIpc) is 2.82. The van der Waals surface area contributed by atoms with Crippen molar-refractivity contribution in [2.75, 3.05) is 18.8 Å². The van der Waals surface area contributed by atoms with Crippen LogP contribution < -0.4 is 5.73 Å². The highest BCUT2D eigenvalue weighted by Gasteiger charge is 2.32. The van der Waals surface area contributed by atoms with Gasteiger partial charge < -0.3 is 5.73 Å². The van der Waals surface area contributed by atoms with Crippen molar-refractivity contribution >= 4 is 31.6 Å². The molecule has 0 aliphatic carbocycles. The van der Waals surface area contributed by atoms with E-state index in [0.29, 0.717) is 24.7 Å². The van der Waals surface area contributed by atoms with E-state index in [2.05, 4.69) is 22.9 Å². The van der Waals surface area contributed by atoms with Crippen LogP contribution in [0.25, 0.3) is 0 Å². The van der Waals surface area contributed by atoms with Gasteiger partial charge in [-0.2, -0.15) is 4.31 Å². The fraction of sp³-hybridized carbons (Fsp3) is 0.538. The molecule has 1 aliphatic rings. The monoisotopic (exact) mass is 346 g/mol. The zero-order valence-electron chi connectivity index (χ0n) is 11.0. The Hall–Kier alpha value is -0.590. The van der Waals surface area contributed by atoms with Gasteiger partial charge in [0.05, 0.1) is 4.90 Å². The lowest BCUT2D eigenvalue weighted by Crippen LogP contribution is -2.29. The summed E-state index contributed by atoms with van der Waals surface area (Å²) in [6, 6.07) is 4.80. The van der Waals surface area contributed by atoms with E-state index in [4.69, 9.17) is 5.73 Å². The Morgan fingerprint density at radius 3 is 2.84 bits per heavy atom. The molecule has 0 radical (unpaired) electrons. The number of sulfonamides is 1. The third-order valence-electron chi connectivity index (χ3n) is 3.55. The van der Waals surface area contributed by atoms with Crippen LogP contribution in [0.5, 0.6) is 0 Å². The molecule has 0 spiro atoms. The largest absolute Gasteiger partial charge is 0.398 e. The summed E-state index contributed by atoms with van der Waals surface area (Å²) in [6.45, 7) is 3.38. The molecule has 0 bridgehead atoms. The Balaban J connectivity index is 2.21. The lowest BCUT2D eigenvalue weighted by atomic mass is 10.0. The van der Waals surface area contributed by atoms with E-state index >= 15 is 0 Å². The molecule has 2 N–H and O–H groups in total. The molecule has 19 heavy (non-hydrogen) atoms. The number of benzene rings is 1. The molecule has 1 fully saturated rings. The maximum atomic E-state index is 12.5. The Kier molecular flexibility index (Phi) is 4.53. The first-order valence-corrected chi connectivity index (χ1v) is 8.73. The van der Waals surface area contributed by atoms with Gasteiger partial charge in [-0.1, -0.05) is 13.3 Å². The molecule has 0 amide bonds. The summed E-state index contributed by atoms with van der Waals surface area (Å²) in [6.07, 6.45) is 3.15. The van der Waals surface area contributed by atoms with Crippen LogP contribution in [0.1, 0.15) is 26.2 Å². The molecular formula is C13H19BrN2O2S. The maximum Gasteiger partial charge on any atom is 0.243 e. The lowest BCUT2D eigenvalue weighted by molar-refractivity contribution is 0.444. The molecule has 106 valence electrons. The summed E-state index contributed by atoms with van der Waals surface area (Å²) in [5.41, 5.74) is 6.21. The van der Waals surface area contributed by atoms with Gasteiger partial charge >= 0.3 is 0 Å². The van der Waals surface area contributed by atoms with Crippen molar-refractivity contribution < 1.29 is 8.42 Å². The number of nitrogens with zero attached hydrogens (tertiary/aromatic N) is 1. The number of anilines is 1. The molecule has 1 aliphatic heterocycles. The minimum atomic E-state index is -3.40. The van der Waals surface area contributed by atoms with Gasteiger partial charge in [-0.3, -0.25) is 0 Å². The normalized spacial score (nSPS) is 20.8. The highest BCUT2D eigenvalue weighted by molar-refractivity contribution is 9.10. The Morgan fingerprint density at radius 1 is 1.47 bits per heavy atom. The van der Waals surface area contributed by atoms with Crippen molar-refractivity contribution in [2.24, 2.45) is 5.92 Å². The Morgan fingerprint density at radius 2 is 2.21 bits per heavy atom. The molecule has 1 aromatic rings. The first-order valence-electron chi connectivity index (χ1n) is 6.50. The molecular weight excluding hydrogens is 328 g/mol. The van der Waals surface area contributed by atoms with Gasteiger partial charge in [0.15, 0.2) is 0 Å². The second-order valence-corrected chi connectivity index (χ2v) is 7.78. The van der Waals surface area contributed by atoms with Crippen LogP contribution in [-0.4, -0.2) is 25.8 Å². The standard InChI is InChI=1S/C13H19BrN2O2S/c1-2-3-10-6-7-16(9-10)19(17,18)11-4-5-12(14)13(15)8-11/h4-5,8,10H,2-3,6-7,9,15H2,1H3. The Labute approximate surface area is 123 Å². The summed E-state index contributed by atoms with van der Waals surface area (Å²) in [4.78, 5) is 0.283. The Bertz CT molecular complexity index is 560. The van der Waals surface area contributed by atoms with E-state index < -0.39 is 10.0 Å². The number of nitrogen functional groups attached to an aromatic ring is 1. The summed E-state index contributed by atoms with van der Waals surface area (Å²) in [5, 5.41) is 0. The summed E-state index contributed by atoms with van der Waals surface area (Å²) >= 11 is 3.28. The topological polar surface area (TPSA) is 63.4 Å². The van der Waals surface area contributed by atoms with Crippen LogP contribution in [0.3, 0.4) is 0 Å². The van der Waals surface area contributed by atoms with Gasteiger partial charge in [0.2, 0.25) is 10.0 Å². The third-order valence-corrected chi connectivity index (χ3v) is 6.13. The highest BCUT2D eigenvalue weighted by atomic mass is 79.9. The van der Waals surface area contributed by atoms with Crippen LogP contribution in [0, 0.1) is 5.92 Å². The molecule has 1 unspecified atom stereocenters. The zero-order chi connectivity index (χ0) is 14.0. The van der Waals surface area contributed by atoms with E-state index in [9.17, 15) is 8.42 Å². The summed E-state index contributed by atoms with van der Waals surface area (Å²) in [7, 11) is -3.40. The molecule has 6 heteroatoms. The number of rotatable bonds is 4. The minimum absolute atomic E-state index is 0.283. The van der Waals surface area contributed by atoms with E-state index in [0.717, 1.165) is 23.7 Å². The zero-order valence-corrected chi connectivity index (χ0v) is 13.4. The minimum Gasteiger partial charge on any atom is -0.398 e. The molecule has 1 saturated heterocycles. The van der Waals surface area contributed by atoms with Crippen molar-refractivity contribution in [2.45, 2.75) is 31.1 Å². The number of hydrogen-bond acceptors (Lipinski definition) is 3. The van der Waals surface area contributed by atoms with Crippen molar-refractivity contribution in [1.29, 1.82) is 0 Å². The van der Waals surface area contributed by atoms with Crippen LogP contribution in [0.15, 0.2) is 27.6 Å². The molecule has 1 aromatic carbocycles. The second kappa shape index (κ2) is 5.81. The predicted octanol–water partition coefficient (Wildman–Crippen LogP) is 2.84. The molecule has 1 atom stereocenters. The van der Waals surface area contributed by atoms with Gasteiger partial charge in [0.25, 0.3) is 0 Å². The van der Waals surface area contributed by atoms with Gasteiger partial charge in [-0.05, 0) is 52.9 Å². The van der Waals surface area contributed by atoms with E-state index in [1.807, 2.05) is 0 Å². The highest BCUT2D eigenvalue weighted by Crippen LogP contribution is 2.29. The fourth-order valence-electron chi connectivity index (χ4n) is 2.49. The lowest BCUT2D eigenvalue weighted by Gasteiger charge is -2.17. The van der Waals surface area contributed by atoms with Gasteiger partial charge in [-0.15, -0.1) is 0 Å². The van der Waals surface area contributed by atoms with Crippen molar-refractivity contribution in [3.63, 3.8) is 0 Å². The van der Waals surface area contributed by atoms with Gasteiger partial charge in [0.1, 0.15) is 0 Å². The SMILES string of the molecule is CCCC1CCN(S(=O)(=O)c2ccc(Br)c(N)c2)C1. The summed E-state index contributed by atoms with van der Waals surface area (Å²) < 4.78 is 27.3. The molecule has 1 heterocycles. The van der Waals surface area contributed by atoms with Gasteiger partial charge in [-0.25, -0.2) is 8.42 Å². The van der Waals surface area contributed by atoms with Crippen molar-refractivity contribution in [1.82, 2.24) is 4.31 Å². The van der Waals surface area contributed by atoms with E-state index in [-0.39, 0.29) is 4.90 Å². The van der Waals surface area contributed by atoms with Crippen molar-refractivity contribution in [3.8, 4) is 0 Å². The second-order valence-electron chi connectivity index (χ2n) is 4.99.